The lowest BCUT2D eigenvalue weighted by Gasteiger charge is -2.22. The number of phenols is 1. The standard InChI is InChI=1S/C22H33N5O3/c1-5-30-19-8-6-7-17(21(19)29)14-26-10-9-20-24-25-22(27(20)12-11-26)18(13-15(2)3)23-16(4)28/h6-8,15,18,29H,5,9-14H2,1-4H3,(H,23,28). The third-order valence-electron chi connectivity index (χ3n) is 5.32. The number of phenolic OH excluding ortho intramolecular Hbond substituents is 1. The van der Waals surface area contributed by atoms with Gasteiger partial charge in [-0.25, -0.2) is 0 Å². The molecule has 1 aliphatic rings. The van der Waals surface area contributed by atoms with E-state index >= 15 is 0 Å². The number of nitrogens with one attached hydrogen (secondary N) is 1. The molecule has 8 heteroatoms. The van der Waals surface area contributed by atoms with Crippen LogP contribution in [-0.2, 0) is 24.3 Å². The Kier molecular flexibility index (Phi) is 7.31. The zero-order chi connectivity index (χ0) is 21.7. The normalized spacial score (nSPS) is 15.5. The summed E-state index contributed by atoms with van der Waals surface area (Å²) in [5.41, 5.74) is 0.856. The number of benzene rings is 1. The Morgan fingerprint density at radius 3 is 2.77 bits per heavy atom. The summed E-state index contributed by atoms with van der Waals surface area (Å²) >= 11 is 0. The van der Waals surface area contributed by atoms with Crippen molar-refractivity contribution in [3.8, 4) is 11.5 Å². The maximum absolute atomic E-state index is 11.7. The predicted octanol–water partition coefficient (Wildman–Crippen LogP) is 2.66. The summed E-state index contributed by atoms with van der Waals surface area (Å²) in [4.78, 5) is 14.0. The molecule has 8 nitrogen and oxygen atoms in total. The van der Waals surface area contributed by atoms with Crippen molar-refractivity contribution in [1.29, 1.82) is 0 Å². The molecule has 0 saturated heterocycles. The molecule has 1 aromatic carbocycles. The van der Waals surface area contributed by atoms with Crippen LogP contribution in [0.1, 0.15) is 57.4 Å². The number of rotatable bonds is 8. The molecule has 0 aliphatic carbocycles. The number of aromatic hydroxyl groups is 1. The zero-order valence-electron chi connectivity index (χ0n) is 18.4. The van der Waals surface area contributed by atoms with Gasteiger partial charge in [0.25, 0.3) is 0 Å². The Bertz CT molecular complexity index is 864. The number of para-hydroxylation sites is 1. The highest BCUT2D eigenvalue weighted by Crippen LogP contribution is 2.31. The molecule has 2 heterocycles. The number of hydrogen-bond acceptors (Lipinski definition) is 6. The van der Waals surface area contributed by atoms with Gasteiger partial charge in [-0.2, -0.15) is 0 Å². The first-order valence-electron chi connectivity index (χ1n) is 10.7. The van der Waals surface area contributed by atoms with Gasteiger partial charge in [-0.15, -0.1) is 10.2 Å². The number of carbonyl (C=O) groups excluding carboxylic acids is 1. The molecule has 1 unspecified atom stereocenters. The molecule has 1 atom stereocenters. The summed E-state index contributed by atoms with van der Waals surface area (Å²) in [6, 6.07) is 5.50. The molecular formula is C22H33N5O3. The van der Waals surface area contributed by atoms with Gasteiger partial charge >= 0.3 is 0 Å². The first-order valence-corrected chi connectivity index (χ1v) is 10.7. The summed E-state index contributed by atoms with van der Waals surface area (Å²) in [7, 11) is 0. The molecule has 2 aromatic rings. The highest BCUT2D eigenvalue weighted by Gasteiger charge is 2.25. The van der Waals surface area contributed by atoms with Crippen molar-refractivity contribution in [3.63, 3.8) is 0 Å². The summed E-state index contributed by atoms with van der Waals surface area (Å²) in [6.07, 6.45) is 1.59. The number of fused-ring (bicyclic) bond motifs is 1. The van der Waals surface area contributed by atoms with Gasteiger partial charge in [0.05, 0.1) is 12.6 Å². The van der Waals surface area contributed by atoms with Gasteiger partial charge in [-0.05, 0) is 25.3 Å². The van der Waals surface area contributed by atoms with E-state index in [4.69, 9.17) is 4.74 Å². The van der Waals surface area contributed by atoms with Crippen molar-refractivity contribution >= 4 is 5.91 Å². The second-order valence-electron chi connectivity index (χ2n) is 8.23. The minimum atomic E-state index is -0.137. The average molecular weight is 416 g/mol. The molecule has 30 heavy (non-hydrogen) atoms. The Hall–Kier alpha value is -2.61. The lowest BCUT2D eigenvalue weighted by molar-refractivity contribution is -0.119. The maximum atomic E-state index is 11.7. The zero-order valence-corrected chi connectivity index (χ0v) is 18.4. The molecule has 3 rings (SSSR count). The third-order valence-corrected chi connectivity index (χ3v) is 5.32. The average Bonchev–Trinajstić information content (AvgIpc) is 2.98. The van der Waals surface area contributed by atoms with Gasteiger partial charge in [-0.1, -0.05) is 26.0 Å². The van der Waals surface area contributed by atoms with Crippen LogP contribution in [0, 0.1) is 5.92 Å². The summed E-state index contributed by atoms with van der Waals surface area (Å²) < 4.78 is 7.66. The van der Waals surface area contributed by atoms with Crippen LogP contribution in [0.4, 0.5) is 0 Å². The summed E-state index contributed by atoms with van der Waals surface area (Å²) in [5.74, 6) is 2.88. The Morgan fingerprint density at radius 1 is 1.27 bits per heavy atom. The van der Waals surface area contributed by atoms with E-state index in [1.807, 2.05) is 19.1 Å². The monoisotopic (exact) mass is 415 g/mol. The Labute approximate surface area is 178 Å². The molecule has 0 bridgehead atoms. The van der Waals surface area contributed by atoms with Crippen LogP contribution in [0.15, 0.2) is 18.2 Å². The largest absolute Gasteiger partial charge is 0.504 e. The van der Waals surface area contributed by atoms with Gasteiger partial charge in [0.1, 0.15) is 5.82 Å². The van der Waals surface area contributed by atoms with Crippen molar-refractivity contribution in [3.05, 3.63) is 35.4 Å². The van der Waals surface area contributed by atoms with Crippen LogP contribution in [0.3, 0.4) is 0 Å². The van der Waals surface area contributed by atoms with Crippen LogP contribution < -0.4 is 10.1 Å². The van der Waals surface area contributed by atoms with Crippen LogP contribution in [0.5, 0.6) is 11.5 Å². The van der Waals surface area contributed by atoms with Crippen LogP contribution in [-0.4, -0.2) is 50.4 Å². The van der Waals surface area contributed by atoms with Gasteiger partial charge < -0.3 is 19.7 Å². The van der Waals surface area contributed by atoms with Crippen molar-refractivity contribution in [2.24, 2.45) is 5.92 Å². The quantitative estimate of drug-likeness (QED) is 0.689. The van der Waals surface area contributed by atoms with Crippen molar-refractivity contribution < 1.29 is 14.6 Å². The maximum Gasteiger partial charge on any atom is 0.217 e. The minimum absolute atomic E-state index is 0.0575. The van der Waals surface area contributed by atoms with Crippen LogP contribution in [0.25, 0.3) is 0 Å². The van der Waals surface area contributed by atoms with E-state index in [1.165, 1.54) is 6.92 Å². The van der Waals surface area contributed by atoms with Crippen LogP contribution in [0.2, 0.25) is 0 Å². The molecule has 1 amide bonds. The predicted molar refractivity (Wildman–Crippen MR) is 114 cm³/mol. The number of hydrogen-bond donors (Lipinski definition) is 2. The van der Waals surface area contributed by atoms with Gasteiger partial charge in [-0.3, -0.25) is 9.69 Å². The Balaban J connectivity index is 1.73. The molecule has 1 aliphatic heterocycles. The molecular weight excluding hydrogens is 382 g/mol. The molecule has 0 spiro atoms. The van der Waals surface area contributed by atoms with Crippen molar-refractivity contribution in [1.82, 2.24) is 25.0 Å². The second kappa shape index (κ2) is 9.93. The number of aromatic nitrogens is 3. The minimum Gasteiger partial charge on any atom is -0.504 e. The first-order chi connectivity index (χ1) is 14.4. The smallest absolute Gasteiger partial charge is 0.217 e. The fourth-order valence-electron chi connectivity index (χ4n) is 3.96. The number of amides is 1. The van der Waals surface area contributed by atoms with Gasteiger partial charge in [0.2, 0.25) is 5.91 Å². The third kappa shape index (κ3) is 5.30. The van der Waals surface area contributed by atoms with Crippen molar-refractivity contribution in [2.75, 3.05) is 19.7 Å². The summed E-state index contributed by atoms with van der Waals surface area (Å²) in [6.45, 7) is 11.3. The van der Waals surface area contributed by atoms with E-state index < -0.39 is 0 Å². The SMILES string of the molecule is CCOc1cccc(CN2CCc3nnc(C(CC(C)C)NC(C)=O)n3CC2)c1O. The number of ether oxygens (including phenoxy) is 1. The highest BCUT2D eigenvalue weighted by atomic mass is 16.5. The molecule has 0 fully saturated rings. The van der Waals surface area contributed by atoms with E-state index in [2.05, 4.69) is 38.8 Å². The fourth-order valence-corrected chi connectivity index (χ4v) is 3.96. The van der Waals surface area contributed by atoms with E-state index in [9.17, 15) is 9.90 Å². The molecule has 0 radical (unpaired) electrons. The highest BCUT2D eigenvalue weighted by molar-refractivity contribution is 5.73. The van der Waals surface area contributed by atoms with E-state index in [1.54, 1.807) is 6.07 Å². The summed E-state index contributed by atoms with van der Waals surface area (Å²) in [5, 5.41) is 22.4. The van der Waals surface area contributed by atoms with E-state index in [0.717, 1.165) is 49.7 Å². The Morgan fingerprint density at radius 2 is 2.07 bits per heavy atom. The fraction of sp³-hybridized carbons (Fsp3) is 0.591. The van der Waals surface area contributed by atoms with E-state index in [0.29, 0.717) is 24.8 Å². The molecule has 164 valence electrons. The number of carbonyl (C=O) groups is 1. The van der Waals surface area contributed by atoms with Gasteiger partial charge in [0, 0.05) is 45.1 Å². The lowest BCUT2D eigenvalue weighted by Crippen LogP contribution is -2.31. The topological polar surface area (TPSA) is 92.5 Å². The first kappa shape index (κ1) is 22.1. The molecule has 0 saturated carbocycles. The number of nitrogens with zero attached hydrogens (tertiary/aromatic N) is 4. The molecule has 2 N–H and O–H groups in total. The lowest BCUT2D eigenvalue weighted by atomic mass is 10.0. The van der Waals surface area contributed by atoms with Crippen molar-refractivity contribution in [2.45, 2.75) is 59.7 Å². The second-order valence-corrected chi connectivity index (χ2v) is 8.23. The van der Waals surface area contributed by atoms with Crippen LogP contribution >= 0.6 is 0 Å². The van der Waals surface area contributed by atoms with Gasteiger partial charge in [0.15, 0.2) is 17.3 Å². The van der Waals surface area contributed by atoms with E-state index in [-0.39, 0.29) is 17.7 Å². The molecule has 1 aromatic heterocycles.